The molecule has 0 atom stereocenters. The molecule has 0 spiro atoms. The fraction of sp³-hybridized carbons (Fsp3) is 0.154. The van der Waals surface area contributed by atoms with Gasteiger partial charge in [0.25, 0.3) is 0 Å². The molecule has 3 rings (SSSR count). The van der Waals surface area contributed by atoms with Crippen LogP contribution in [-0.4, -0.2) is 26.8 Å². The fourth-order valence-electron chi connectivity index (χ4n) is 1.93. The van der Waals surface area contributed by atoms with Crippen molar-refractivity contribution in [3.8, 4) is 11.3 Å². The third-order valence-electron chi connectivity index (χ3n) is 2.92. The molecule has 1 N–H and O–H groups in total. The summed E-state index contributed by atoms with van der Waals surface area (Å²) in [6.45, 7) is 0. The van der Waals surface area contributed by atoms with Gasteiger partial charge in [-0.15, -0.1) is 0 Å². The van der Waals surface area contributed by atoms with E-state index in [4.69, 9.17) is 0 Å². The smallest absolute Gasteiger partial charge is 0.106 e. The van der Waals surface area contributed by atoms with E-state index in [-0.39, 0.29) is 0 Å². The van der Waals surface area contributed by atoms with E-state index < -0.39 is 0 Å². The van der Waals surface area contributed by atoms with E-state index >= 15 is 0 Å². The lowest BCUT2D eigenvalue weighted by atomic mass is 10.2. The first-order valence-electron chi connectivity index (χ1n) is 5.81. The Morgan fingerprint density at radius 1 is 1.26 bits per heavy atom. The Hall–Kier alpha value is -1.95. The molecule has 6 heteroatoms. The number of hydrogen-bond donors (Lipinski definition) is 1. The predicted molar refractivity (Wildman–Crippen MR) is 79.0 cm³/mol. The van der Waals surface area contributed by atoms with E-state index in [0.29, 0.717) is 0 Å². The molecule has 0 aliphatic rings. The summed E-state index contributed by atoms with van der Waals surface area (Å²) < 4.78 is 2.67. The first-order chi connectivity index (χ1) is 9.19. The predicted octanol–water partition coefficient (Wildman–Crippen LogP) is 2.83. The molecule has 0 amide bonds. The summed E-state index contributed by atoms with van der Waals surface area (Å²) in [6.07, 6.45) is 5.47. The number of aromatic nitrogens is 4. The molecule has 0 bridgehead atoms. The van der Waals surface area contributed by atoms with Crippen LogP contribution in [0.5, 0.6) is 0 Å². The van der Waals surface area contributed by atoms with Gasteiger partial charge in [0, 0.05) is 25.9 Å². The minimum absolute atomic E-state index is 0.814. The Morgan fingerprint density at radius 2 is 2.11 bits per heavy atom. The summed E-state index contributed by atoms with van der Waals surface area (Å²) in [6, 6.07) is 3.93. The lowest BCUT2D eigenvalue weighted by molar-refractivity contribution is 0.768. The minimum atomic E-state index is 0.814. The maximum Gasteiger partial charge on any atom is 0.106 e. The Kier molecular flexibility index (Phi) is 2.94. The van der Waals surface area contributed by atoms with Crippen LogP contribution >= 0.6 is 15.9 Å². The highest BCUT2D eigenvalue weighted by Crippen LogP contribution is 2.30. The molecule has 0 aliphatic heterocycles. The molecule has 0 fully saturated rings. The third-order valence-corrected chi connectivity index (χ3v) is 3.73. The summed E-state index contributed by atoms with van der Waals surface area (Å²) in [7, 11) is 3.76. The van der Waals surface area contributed by atoms with Gasteiger partial charge >= 0.3 is 0 Å². The van der Waals surface area contributed by atoms with Crippen LogP contribution in [0.2, 0.25) is 0 Å². The topological polar surface area (TPSA) is 55.6 Å². The van der Waals surface area contributed by atoms with E-state index in [1.807, 2.05) is 32.4 Å². The van der Waals surface area contributed by atoms with Gasteiger partial charge in [-0.2, -0.15) is 5.10 Å². The van der Waals surface area contributed by atoms with Gasteiger partial charge in [0.2, 0.25) is 0 Å². The molecular formula is C13H12BrN5. The van der Waals surface area contributed by atoms with Crippen LogP contribution in [0.15, 0.2) is 35.2 Å². The van der Waals surface area contributed by atoms with Crippen molar-refractivity contribution in [3.05, 3.63) is 35.2 Å². The van der Waals surface area contributed by atoms with Crippen LogP contribution in [-0.2, 0) is 7.05 Å². The zero-order chi connectivity index (χ0) is 13.4. The van der Waals surface area contributed by atoms with E-state index in [1.165, 1.54) is 0 Å². The number of benzene rings is 1. The zero-order valence-corrected chi connectivity index (χ0v) is 12.1. The number of rotatable bonds is 2. The van der Waals surface area contributed by atoms with Gasteiger partial charge in [-0.25, -0.2) is 4.98 Å². The van der Waals surface area contributed by atoms with Crippen LogP contribution < -0.4 is 5.32 Å². The van der Waals surface area contributed by atoms with Crippen LogP contribution in [0.25, 0.3) is 22.3 Å². The van der Waals surface area contributed by atoms with Crippen molar-refractivity contribution in [3.63, 3.8) is 0 Å². The molecule has 96 valence electrons. The Morgan fingerprint density at radius 3 is 2.79 bits per heavy atom. The monoisotopic (exact) mass is 317 g/mol. The van der Waals surface area contributed by atoms with Crippen LogP contribution in [0.1, 0.15) is 0 Å². The van der Waals surface area contributed by atoms with Crippen molar-refractivity contribution in [2.75, 3.05) is 12.4 Å². The molecule has 2 heterocycles. The SMILES string of the molecule is CNc1ccc2ncc(-c3cnn(C)c3)nc2c1Br. The molecule has 0 radical (unpaired) electrons. The summed E-state index contributed by atoms with van der Waals surface area (Å²) in [5, 5.41) is 7.27. The lowest BCUT2D eigenvalue weighted by Crippen LogP contribution is -1.94. The minimum Gasteiger partial charge on any atom is -0.387 e. The van der Waals surface area contributed by atoms with Crippen LogP contribution in [0.4, 0.5) is 5.69 Å². The number of nitrogens with one attached hydrogen (secondary N) is 1. The highest BCUT2D eigenvalue weighted by atomic mass is 79.9. The molecule has 0 aliphatic carbocycles. The highest BCUT2D eigenvalue weighted by molar-refractivity contribution is 9.10. The summed E-state index contributed by atoms with van der Waals surface area (Å²) in [4.78, 5) is 9.11. The number of nitrogens with zero attached hydrogens (tertiary/aromatic N) is 4. The van der Waals surface area contributed by atoms with Gasteiger partial charge in [0.05, 0.1) is 33.8 Å². The quantitative estimate of drug-likeness (QED) is 0.789. The highest BCUT2D eigenvalue weighted by Gasteiger charge is 2.09. The first-order valence-corrected chi connectivity index (χ1v) is 6.60. The average Bonchev–Trinajstić information content (AvgIpc) is 2.86. The van der Waals surface area contributed by atoms with Gasteiger partial charge in [0.15, 0.2) is 0 Å². The van der Waals surface area contributed by atoms with Gasteiger partial charge in [0.1, 0.15) is 5.52 Å². The maximum absolute atomic E-state index is 4.66. The van der Waals surface area contributed by atoms with E-state index in [1.54, 1.807) is 17.1 Å². The second kappa shape index (κ2) is 4.62. The largest absolute Gasteiger partial charge is 0.387 e. The molecular weight excluding hydrogens is 306 g/mol. The number of halogens is 1. The van der Waals surface area contributed by atoms with E-state index in [9.17, 15) is 0 Å². The second-order valence-electron chi connectivity index (χ2n) is 4.20. The van der Waals surface area contributed by atoms with Crippen LogP contribution in [0, 0.1) is 0 Å². The number of aryl methyl sites for hydroxylation is 1. The standard InChI is InChI=1S/C13H12BrN5/c1-15-9-3-4-10-13(12(9)14)18-11(6-16-10)8-5-17-19(2)7-8/h3-7,15H,1-2H3. The van der Waals surface area contributed by atoms with E-state index in [2.05, 4.69) is 36.3 Å². The molecule has 0 saturated carbocycles. The molecule has 5 nitrogen and oxygen atoms in total. The molecule has 19 heavy (non-hydrogen) atoms. The number of fused-ring (bicyclic) bond motifs is 1. The normalized spacial score (nSPS) is 10.9. The Balaban J connectivity index is 2.21. The van der Waals surface area contributed by atoms with Crippen molar-refractivity contribution in [2.45, 2.75) is 0 Å². The summed E-state index contributed by atoms with van der Waals surface area (Å²) >= 11 is 3.57. The first kappa shape index (κ1) is 12.1. The second-order valence-corrected chi connectivity index (χ2v) is 5.00. The third kappa shape index (κ3) is 2.08. The van der Waals surface area contributed by atoms with Crippen molar-refractivity contribution in [1.82, 2.24) is 19.7 Å². The Labute approximate surface area is 118 Å². The molecule has 3 aromatic rings. The molecule has 2 aromatic heterocycles. The van der Waals surface area contributed by atoms with Gasteiger partial charge in [-0.05, 0) is 28.1 Å². The molecule has 0 unspecified atom stereocenters. The molecule has 0 saturated heterocycles. The van der Waals surface area contributed by atoms with Crippen molar-refractivity contribution in [1.29, 1.82) is 0 Å². The zero-order valence-electron chi connectivity index (χ0n) is 10.6. The van der Waals surface area contributed by atoms with Gasteiger partial charge in [-0.3, -0.25) is 9.67 Å². The average molecular weight is 318 g/mol. The lowest BCUT2D eigenvalue weighted by Gasteiger charge is -2.07. The van der Waals surface area contributed by atoms with Crippen molar-refractivity contribution in [2.24, 2.45) is 7.05 Å². The van der Waals surface area contributed by atoms with E-state index in [0.717, 1.165) is 32.5 Å². The molecule has 1 aromatic carbocycles. The van der Waals surface area contributed by atoms with Gasteiger partial charge in [-0.1, -0.05) is 0 Å². The summed E-state index contributed by atoms with van der Waals surface area (Å²) in [5.74, 6) is 0. The Bertz CT molecular complexity index is 750. The van der Waals surface area contributed by atoms with Crippen molar-refractivity contribution >= 4 is 32.7 Å². The number of anilines is 1. The van der Waals surface area contributed by atoms with Crippen LogP contribution in [0.3, 0.4) is 0 Å². The maximum atomic E-state index is 4.66. The van der Waals surface area contributed by atoms with Crippen molar-refractivity contribution < 1.29 is 0 Å². The number of hydrogen-bond acceptors (Lipinski definition) is 4. The summed E-state index contributed by atoms with van der Waals surface area (Å²) in [5.41, 5.74) is 4.46. The fourth-order valence-corrected chi connectivity index (χ4v) is 2.55. The van der Waals surface area contributed by atoms with Gasteiger partial charge < -0.3 is 5.32 Å².